The Morgan fingerprint density at radius 1 is 0.840 bits per heavy atom. The molecule has 0 rings (SSSR count). The summed E-state index contributed by atoms with van der Waals surface area (Å²) in [5.41, 5.74) is 5.65. The third-order valence-electron chi connectivity index (χ3n) is 4.53. The monoisotopic (exact) mass is 381 g/mol. The summed E-state index contributed by atoms with van der Waals surface area (Å²) in [6.45, 7) is 1.92. The van der Waals surface area contributed by atoms with E-state index in [1.807, 2.05) is 0 Å². The molecule has 152 valence electrons. The zero-order chi connectivity index (χ0) is 19.0. The first-order chi connectivity index (χ1) is 11.9. The quantitative estimate of drug-likeness (QED) is 0.208. The Morgan fingerprint density at radius 3 is 1.64 bits per heavy atom. The average molecular weight is 381 g/mol. The van der Waals surface area contributed by atoms with Gasteiger partial charge in [-0.1, -0.05) is 90.4 Å². The van der Waals surface area contributed by atoms with Crippen molar-refractivity contribution in [1.29, 1.82) is 0 Å². The van der Waals surface area contributed by atoms with Crippen molar-refractivity contribution in [3.8, 4) is 0 Å². The predicted molar refractivity (Wildman–Crippen MR) is 102 cm³/mol. The molecular formula is C18H40NO5P. The van der Waals surface area contributed by atoms with E-state index in [4.69, 9.17) is 15.5 Å². The molecule has 25 heavy (non-hydrogen) atoms. The number of phosphoric ester groups is 1. The largest absolute Gasteiger partial charge is 0.469 e. The number of aliphatic hydroxyl groups is 1. The zero-order valence-electron chi connectivity index (χ0n) is 15.9. The fraction of sp³-hybridized carbons (Fsp3) is 1.00. The van der Waals surface area contributed by atoms with E-state index in [1.165, 1.54) is 64.2 Å². The minimum absolute atomic E-state index is 0.329. The van der Waals surface area contributed by atoms with Crippen molar-refractivity contribution in [3.63, 3.8) is 0 Å². The van der Waals surface area contributed by atoms with Crippen LogP contribution in [-0.4, -0.2) is 33.6 Å². The van der Waals surface area contributed by atoms with Crippen molar-refractivity contribution >= 4 is 7.82 Å². The predicted octanol–water partition coefficient (Wildman–Crippen LogP) is 4.27. The second kappa shape index (κ2) is 16.2. The molecule has 0 aliphatic rings. The summed E-state index contributed by atoms with van der Waals surface area (Å²) in [5, 5.41) is 9.83. The summed E-state index contributed by atoms with van der Waals surface area (Å²) in [5.74, 6) is 0. The number of unbranched alkanes of at least 4 members (excludes halogenated alkanes) is 12. The van der Waals surface area contributed by atoms with Gasteiger partial charge in [-0.3, -0.25) is 4.52 Å². The molecule has 5 N–H and O–H groups in total. The molecule has 0 aromatic carbocycles. The van der Waals surface area contributed by atoms with Crippen molar-refractivity contribution in [2.24, 2.45) is 5.73 Å². The minimum atomic E-state index is -4.51. The summed E-state index contributed by atoms with van der Waals surface area (Å²) in [7, 11) is -4.51. The van der Waals surface area contributed by atoms with Crippen molar-refractivity contribution in [1.82, 2.24) is 0 Å². The highest BCUT2D eigenvalue weighted by molar-refractivity contribution is 7.46. The SMILES string of the molecule is CCCCCCCCCCCCCCC[C@@H](O)[C@H](N)COP(=O)(O)O. The number of nitrogens with two attached hydrogens (primary N) is 1. The smallest absolute Gasteiger partial charge is 0.391 e. The Labute approximate surface area is 153 Å². The van der Waals surface area contributed by atoms with Gasteiger partial charge in [0.25, 0.3) is 0 Å². The molecule has 6 nitrogen and oxygen atoms in total. The van der Waals surface area contributed by atoms with Crippen molar-refractivity contribution in [2.75, 3.05) is 6.61 Å². The van der Waals surface area contributed by atoms with Gasteiger partial charge in [0.1, 0.15) is 0 Å². The Morgan fingerprint density at radius 2 is 1.24 bits per heavy atom. The van der Waals surface area contributed by atoms with Crippen molar-refractivity contribution < 1.29 is 24.0 Å². The van der Waals surface area contributed by atoms with Crippen LogP contribution in [0.2, 0.25) is 0 Å². The number of aliphatic hydroxyl groups excluding tert-OH is 1. The van der Waals surface area contributed by atoms with Crippen LogP contribution in [0.4, 0.5) is 0 Å². The van der Waals surface area contributed by atoms with E-state index in [1.54, 1.807) is 0 Å². The van der Waals surface area contributed by atoms with Crippen LogP contribution in [-0.2, 0) is 9.09 Å². The summed E-state index contributed by atoms with van der Waals surface area (Å²) >= 11 is 0. The molecule has 0 fully saturated rings. The van der Waals surface area contributed by atoms with Gasteiger partial charge in [0.05, 0.1) is 18.8 Å². The minimum Gasteiger partial charge on any atom is -0.391 e. The van der Waals surface area contributed by atoms with Gasteiger partial charge < -0.3 is 20.6 Å². The standard InChI is InChI=1S/C18H40NO5P/c1-2-3-4-5-6-7-8-9-10-11-12-13-14-15-18(20)17(19)16-24-25(21,22)23/h17-18,20H,2-16,19H2,1H3,(H2,21,22,23)/t17-,18-/m1/s1. The molecule has 0 bridgehead atoms. The van der Waals surface area contributed by atoms with Gasteiger partial charge in [-0.2, -0.15) is 0 Å². The van der Waals surface area contributed by atoms with E-state index in [2.05, 4.69) is 11.4 Å². The molecule has 0 aromatic rings. The summed E-state index contributed by atoms with van der Waals surface area (Å²) < 4.78 is 14.9. The second-order valence-electron chi connectivity index (χ2n) is 7.05. The molecule has 0 aliphatic heterocycles. The van der Waals surface area contributed by atoms with Gasteiger partial charge in [0.15, 0.2) is 0 Å². The van der Waals surface area contributed by atoms with Gasteiger partial charge in [-0.25, -0.2) is 4.57 Å². The van der Waals surface area contributed by atoms with Crippen LogP contribution >= 0.6 is 7.82 Å². The third-order valence-corrected chi connectivity index (χ3v) is 5.02. The Balaban J connectivity index is 3.33. The van der Waals surface area contributed by atoms with E-state index >= 15 is 0 Å². The third kappa shape index (κ3) is 18.6. The lowest BCUT2D eigenvalue weighted by molar-refractivity contribution is 0.0931. The Hall–Kier alpha value is 0.0300. The van der Waals surface area contributed by atoms with Crippen LogP contribution < -0.4 is 5.73 Å². The first-order valence-electron chi connectivity index (χ1n) is 10.0. The van der Waals surface area contributed by atoms with E-state index in [9.17, 15) is 9.67 Å². The van der Waals surface area contributed by atoms with Crippen LogP contribution in [0, 0.1) is 0 Å². The molecule has 0 saturated heterocycles. The van der Waals surface area contributed by atoms with Crippen LogP contribution in [0.25, 0.3) is 0 Å². The first-order valence-corrected chi connectivity index (χ1v) is 11.5. The first kappa shape index (κ1) is 25.0. The summed E-state index contributed by atoms with van der Waals surface area (Å²) in [4.78, 5) is 17.2. The molecule has 7 heteroatoms. The van der Waals surface area contributed by atoms with Gasteiger partial charge in [-0.05, 0) is 6.42 Å². The van der Waals surface area contributed by atoms with Gasteiger partial charge in [0.2, 0.25) is 0 Å². The van der Waals surface area contributed by atoms with E-state index in [0.29, 0.717) is 6.42 Å². The molecule has 0 saturated carbocycles. The maximum Gasteiger partial charge on any atom is 0.469 e. The normalized spacial score (nSPS) is 14.6. The van der Waals surface area contributed by atoms with Crippen molar-refractivity contribution in [2.45, 2.75) is 109 Å². The van der Waals surface area contributed by atoms with Crippen LogP contribution in [0.5, 0.6) is 0 Å². The van der Waals surface area contributed by atoms with E-state index in [-0.39, 0.29) is 6.61 Å². The van der Waals surface area contributed by atoms with E-state index < -0.39 is 20.0 Å². The summed E-state index contributed by atoms with van der Waals surface area (Å²) in [6, 6.07) is -0.759. The lowest BCUT2D eigenvalue weighted by Crippen LogP contribution is -2.38. The lowest BCUT2D eigenvalue weighted by atomic mass is 10.0. The lowest BCUT2D eigenvalue weighted by Gasteiger charge is -2.18. The molecule has 0 aromatic heterocycles. The number of hydrogen-bond donors (Lipinski definition) is 4. The molecule has 0 heterocycles. The maximum absolute atomic E-state index is 10.6. The topological polar surface area (TPSA) is 113 Å². The van der Waals surface area contributed by atoms with Gasteiger partial charge in [-0.15, -0.1) is 0 Å². The second-order valence-corrected chi connectivity index (χ2v) is 8.29. The van der Waals surface area contributed by atoms with Crippen LogP contribution in [0.1, 0.15) is 96.8 Å². The average Bonchev–Trinajstić information content (AvgIpc) is 2.56. The highest BCUT2D eigenvalue weighted by atomic mass is 31.2. The fourth-order valence-electron chi connectivity index (χ4n) is 2.88. The highest BCUT2D eigenvalue weighted by Crippen LogP contribution is 2.35. The molecule has 0 radical (unpaired) electrons. The molecule has 0 unspecified atom stereocenters. The fourth-order valence-corrected chi connectivity index (χ4v) is 3.25. The molecular weight excluding hydrogens is 341 g/mol. The maximum atomic E-state index is 10.6. The Kier molecular flexibility index (Phi) is 16.2. The highest BCUT2D eigenvalue weighted by Gasteiger charge is 2.20. The van der Waals surface area contributed by atoms with Gasteiger partial charge in [0, 0.05) is 0 Å². The zero-order valence-corrected chi connectivity index (χ0v) is 16.8. The number of hydrogen-bond acceptors (Lipinski definition) is 4. The van der Waals surface area contributed by atoms with Crippen LogP contribution in [0.15, 0.2) is 0 Å². The molecule has 0 aliphatic carbocycles. The number of rotatable bonds is 18. The number of phosphoric acid groups is 1. The Bertz CT molecular complexity index is 337. The van der Waals surface area contributed by atoms with Crippen molar-refractivity contribution in [3.05, 3.63) is 0 Å². The molecule has 2 atom stereocenters. The van der Waals surface area contributed by atoms with E-state index in [0.717, 1.165) is 19.3 Å². The van der Waals surface area contributed by atoms with Gasteiger partial charge >= 0.3 is 7.82 Å². The molecule has 0 amide bonds. The van der Waals surface area contributed by atoms with Crippen LogP contribution in [0.3, 0.4) is 0 Å². The molecule has 0 spiro atoms. The summed E-state index contributed by atoms with van der Waals surface area (Å²) in [6.07, 6.45) is 16.2.